The van der Waals surface area contributed by atoms with E-state index in [1.165, 1.54) is 0 Å². The second kappa shape index (κ2) is 4.98. The average Bonchev–Trinajstić information content (AvgIpc) is 3.04. The standard InChI is InChI=1S/C12H19N3O2/c1-12(3-4-12)11-14-9(7-10(16)15-11)8-13-5-6-17-2/h7,13H,3-6,8H2,1-2H3,(H,14,15,16). The minimum absolute atomic E-state index is 0.0633. The van der Waals surface area contributed by atoms with E-state index < -0.39 is 0 Å². The van der Waals surface area contributed by atoms with Crippen molar-refractivity contribution < 1.29 is 4.74 Å². The zero-order valence-corrected chi connectivity index (χ0v) is 10.4. The number of ether oxygens (including phenoxy) is 1. The lowest BCUT2D eigenvalue weighted by atomic mass is 10.1. The van der Waals surface area contributed by atoms with Crippen LogP contribution in [-0.2, 0) is 16.7 Å². The molecular weight excluding hydrogens is 218 g/mol. The van der Waals surface area contributed by atoms with Crippen molar-refractivity contribution in [1.29, 1.82) is 0 Å². The molecule has 5 heteroatoms. The number of hydrogen-bond donors (Lipinski definition) is 2. The van der Waals surface area contributed by atoms with E-state index in [2.05, 4.69) is 22.2 Å². The Bertz CT molecular complexity index is 438. The van der Waals surface area contributed by atoms with Crippen molar-refractivity contribution in [1.82, 2.24) is 15.3 Å². The fourth-order valence-corrected chi connectivity index (χ4v) is 1.70. The third-order valence-electron chi connectivity index (χ3n) is 3.16. The molecule has 0 spiro atoms. The van der Waals surface area contributed by atoms with E-state index in [0.29, 0.717) is 13.2 Å². The Kier molecular flexibility index (Phi) is 3.59. The predicted octanol–water partition coefficient (Wildman–Crippen LogP) is 0.557. The van der Waals surface area contributed by atoms with Gasteiger partial charge in [0.1, 0.15) is 5.82 Å². The summed E-state index contributed by atoms with van der Waals surface area (Å²) in [5, 5.41) is 3.19. The topological polar surface area (TPSA) is 67.0 Å². The van der Waals surface area contributed by atoms with Crippen molar-refractivity contribution in [2.24, 2.45) is 0 Å². The summed E-state index contributed by atoms with van der Waals surface area (Å²) in [7, 11) is 1.67. The van der Waals surface area contributed by atoms with E-state index in [9.17, 15) is 4.79 Å². The molecule has 0 amide bonds. The minimum atomic E-state index is -0.0633. The number of hydrogen-bond acceptors (Lipinski definition) is 4. The van der Waals surface area contributed by atoms with Crippen molar-refractivity contribution in [3.63, 3.8) is 0 Å². The highest BCUT2D eigenvalue weighted by Crippen LogP contribution is 2.45. The summed E-state index contributed by atoms with van der Waals surface area (Å²) in [5.41, 5.74) is 0.835. The molecule has 1 aromatic rings. The summed E-state index contributed by atoms with van der Waals surface area (Å²) in [6, 6.07) is 1.55. The second-order valence-corrected chi connectivity index (χ2v) is 4.82. The van der Waals surface area contributed by atoms with Crippen LogP contribution in [0.3, 0.4) is 0 Å². The molecule has 94 valence electrons. The third-order valence-corrected chi connectivity index (χ3v) is 3.16. The molecule has 1 aliphatic rings. The van der Waals surface area contributed by atoms with Gasteiger partial charge in [0, 0.05) is 31.7 Å². The fourth-order valence-electron chi connectivity index (χ4n) is 1.70. The Balaban J connectivity index is 2.02. The van der Waals surface area contributed by atoms with E-state index in [-0.39, 0.29) is 11.0 Å². The largest absolute Gasteiger partial charge is 0.383 e. The SMILES string of the molecule is COCCNCc1cc(=O)[nH]c(C2(C)CC2)n1. The lowest BCUT2D eigenvalue weighted by Gasteiger charge is -2.09. The van der Waals surface area contributed by atoms with Gasteiger partial charge in [0.2, 0.25) is 0 Å². The van der Waals surface area contributed by atoms with Crippen LogP contribution in [0.5, 0.6) is 0 Å². The van der Waals surface area contributed by atoms with Crippen molar-refractivity contribution in [2.45, 2.75) is 31.7 Å². The highest BCUT2D eigenvalue weighted by molar-refractivity contribution is 5.17. The van der Waals surface area contributed by atoms with E-state index >= 15 is 0 Å². The number of nitrogens with one attached hydrogen (secondary N) is 2. The summed E-state index contributed by atoms with van der Waals surface area (Å²) >= 11 is 0. The van der Waals surface area contributed by atoms with Crippen LogP contribution in [0.15, 0.2) is 10.9 Å². The van der Waals surface area contributed by atoms with Gasteiger partial charge in [0.05, 0.1) is 12.3 Å². The highest BCUT2D eigenvalue weighted by Gasteiger charge is 2.41. The Morgan fingerprint density at radius 1 is 1.59 bits per heavy atom. The first-order valence-electron chi connectivity index (χ1n) is 5.94. The first kappa shape index (κ1) is 12.3. The van der Waals surface area contributed by atoms with Crippen LogP contribution < -0.4 is 10.9 Å². The number of H-pyrrole nitrogens is 1. The van der Waals surface area contributed by atoms with Gasteiger partial charge in [0.15, 0.2) is 0 Å². The fraction of sp³-hybridized carbons (Fsp3) is 0.667. The number of rotatable bonds is 6. The van der Waals surface area contributed by atoms with E-state index in [0.717, 1.165) is 30.9 Å². The Morgan fingerprint density at radius 2 is 2.35 bits per heavy atom. The van der Waals surface area contributed by atoms with Gasteiger partial charge in [-0.3, -0.25) is 4.79 Å². The lowest BCUT2D eigenvalue weighted by Crippen LogP contribution is -2.23. The Labute approximate surface area is 101 Å². The number of aromatic amines is 1. The summed E-state index contributed by atoms with van der Waals surface area (Å²) in [6.07, 6.45) is 2.22. The van der Waals surface area contributed by atoms with Crippen LogP contribution in [-0.4, -0.2) is 30.2 Å². The molecule has 0 unspecified atom stereocenters. The van der Waals surface area contributed by atoms with Gasteiger partial charge in [0.25, 0.3) is 5.56 Å². The van der Waals surface area contributed by atoms with Crippen LogP contribution in [0.4, 0.5) is 0 Å². The maximum atomic E-state index is 11.5. The molecule has 1 aromatic heterocycles. The van der Waals surface area contributed by atoms with E-state index in [1.54, 1.807) is 13.2 Å². The van der Waals surface area contributed by atoms with Crippen LogP contribution in [0, 0.1) is 0 Å². The smallest absolute Gasteiger partial charge is 0.251 e. The Morgan fingerprint density at radius 3 is 3.00 bits per heavy atom. The molecule has 0 radical (unpaired) electrons. The molecule has 0 saturated heterocycles. The molecular formula is C12H19N3O2. The number of nitrogens with zero attached hydrogens (tertiary/aromatic N) is 1. The Hall–Kier alpha value is -1.20. The van der Waals surface area contributed by atoms with Crippen molar-refractivity contribution in [3.8, 4) is 0 Å². The molecule has 1 heterocycles. The molecule has 17 heavy (non-hydrogen) atoms. The molecule has 0 bridgehead atoms. The molecule has 1 aliphatic carbocycles. The summed E-state index contributed by atoms with van der Waals surface area (Å²) in [6.45, 7) is 4.16. The highest BCUT2D eigenvalue weighted by atomic mass is 16.5. The molecule has 1 fully saturated rings. The predicted molar refractivity (Wildman–Crippen MR) is 65.0 cm³/mol. The summed E-state index contributed by atoms with van der Waals surface area (Å²) in [5.74, 6) is 0.827. The van der Waals surface area contributed by atoms with Gasteiger partial charge in [-0.05, 0) is 12.8 Å². The normalized spacial score (nSPS) is 17.1. The molecule has 0 atom stereocenters. The lowest BCUT2D eigenvalue weighted by molar-refractivity contribution is 0.199. The van der Waals surface area contributed by atoms with Gasteiger partial charge in [-0.25, -0.2) is 4.98 Å². The maximum absolute atomic E-state index is 11.5. The first-order chi connectivity index (χ1) is 8.14. The third kappa shape index (κ3) is 3.14. The van der Waals surface area contributed by atoms with Crippen molar-refractivity contribution in [2.75, 3.05) is 20.3 Å². The van der Waals surface area contributed by atoms with Gasteiger partial charge < -0.3 is 15.0 Å². The average molecular weight is 237 g/mol. The number of methoxy groups -OCH3 is 1. The summed E-state index contributed by atoms with van der Waals surface area (Å²) < 4.78 is 4.94. The van der Waals surface area contributed by atoms with Gasteiger partial charge in [-0.1, -0.05) is 6.92 Å². The van der Waals surface area contributed by atoms with E-state index in [1.807, 2.05) is 0 Å². The monoisotopic (exact) mass is 237 g/mol. The molecule has 2 N–H and O–H groups in total. The molecule has 0 aromatic carbocycles. The van der Waals surface area contributed by atoms with Gasteiger partial charge >= 0.3 is 0 Å². The number of aromatic nitrogens is 2. The van der Waals surface area contributed by atoms with Crippen LogP contribution in [0.2, 0.25) is 0 Å². The quantitative estimate of drug-likeness (QED) is 0.709. The first-order valence-corrected chi connectivity index (χ1v) is 5.94. The maximum Gasteiger partial charge on any atom is 0.251 e. The molecule has 5 nitrogen and oxygen atoms in total. The van der Waals surface area contributed by atoms with Gasteiger partial charge in [-0.15, -0.1) is 0 Å². The summed E-state index contributed by atoms with van der Waals surface area (Å²) in [4.78, 5) is 18.9. The van der Waals surface area contributed by atoms with Crippen LogP contribution >= 0.6 is 0 Å². The molecule has 1 saturated carbocycles. The van der Waals surface area contributed by atoms with E-state index in [4.69, 9.17) is 4.74 Å². The minimum Gasteiger partial charge on any atom is -0.383 e. The van der Waals surface area contributed by atoms with Gasteiger partial charge in [-0.2, -0.15) is 0 Å². The van der Waals surface area contributed by atoms with Crippen LogP contribution in [0.1, 0.15) is 31.3 Å². The van der Waals surface area contributed by atoms with Crippen molar-refractivity contribution >= 4 is 0 Å². The second-order valence-electron chi connectivity index (χ2n) is 4.82. The zero-order chi connectivity index (χ0) is 12.3. The zero-order valence-electron chi connectivity index (χ0n) is 10.4. The molecule has 2 rings (SSSR count). The van der Waals surface area contributed by atoms with Crippen molar-refractivity contribution in [3.05, 3.63) is 27.9 Å². The molecule has 0 aliphatic heterocycles. The van der Waals surface area contributed by atoms with Crippen LogP contribution in [0.25, 0.3) is 0 Å².